The van der Waals surface area contributed by atoms with Crippen molar-refractivity contribution in [2.45, 2.75) is 6.92 Å². The number of carbonyl (C=O) groups excluding carboxylic acids is 2. The molecule has 0 aliphatic rings. The van der Waals surface area contributed by atoms with Crippen LogP contribution < -0.4 is 20.1 Å². The summed E-state index contributed by atoms with van der Waals surface area (Å²) in [5.74, 6) is 0.642. The molecule has 0 fully saturated rings. The van der Waals surface area contributed by atoms with E-state index in [1.165, 1.54) is 11.3 Å². The van der Waals surface area contributed by atoms with Crippen LogP contribution in [0.2, 0.25) is 0 Å². The summed E-state index contributed by atoms with van der Waals surface area (Å²) in [5, 5.41) is 6.45. The smallest absolute Gasteiger partial charge is 0.267 e. The van der Waals surface area contributed by atoms with E-state index < -0.39 is 0 Å². The number of anilines is 2. The number of ether oxygens (including phenoxy) is 2. The number of hydrogen-bond acceptors (Lipinski definition) is 6. The molecule has 3 aromatic carbocycles. The van der Waals surface area contributed by atoms with Gasteiger partial charge in [0.05, 0.1) is 31.3 Å². The molecule has 0 radical (unpaired) electrons. The fraction of sp³-hybridized carbons (Fsp3) is 0.115. The van der Waals surface area contributed by atoms with Gasteiger partial charge in [0, 0.05) is 11.1 Å². The maximum Gasteiger partial charge on any atom is 0.267 e. The molecule has 0 spiro atoms. The number of thiazole rings is 1. The summed E-state index contributed by atoms with van der Waals surface area (Å²) in [7, 11) is 3.15. The van der Waals surface area contributed by atoms with Gasteiger partial charge in [-0.2, -0.15) is 0 Å². The Morgan fingerprint density at radius 3 is 2.06 bits per heavy atom. The third-order valence-electron chi connectivity index (χ3n) is 5.09. The molecule has 0 bridgehead atoms. The summed E-state index contributed by atoms with van der Waals surface area (Å²) in [6, 6.07) is 21.5. The third kappa shape index (κ3) is 4.92. The van der Waals surface area contributed by atoms with E-state index in [-0.39, 0.29) is 11.8 Å². The predicted octanol–water partition coefficient (Wildman–Crippen LogP) is 5.64. The van der Waals surface area contributed by atoms with Crippen LogP contribution in [0.5, 0.6) is 11.5 Å². The SMILES string of the molecule is COc1ccc(-c2nc(C)c(C(=O)Nc3ccccc3NC(=O)c3ccccc3)s2)cc1OC. The van der Waals surface area contributed by atoms with Gasteiger partial charge in [0.15, 0.2) is 11.5 Å². The van der Waals surface area contributed by atoms with Crippen molar-refractivity contribution in [1.82, 2.24) is 4.98 Å². The topological polar surface area (TPSA) is 89.5 Å². The second-order valence-electron chi connectivity index (χ2n) is 7.32. The van der Waals surface area contributed by atoms with E-state index in [0.717, 1.165) is 5.56 Å². The predicted molar refractivity (Wildman–Crippen MR) is 134 cm³/mol. The van der Waals surface area contributed by atoms with Crippen molar-refractivity contribution < 1.29 is 19.1 Å². The van der Waals surface area contributed by atoms with Crippen molar-refractivity contribution in [2.75, 3.05) is 24.9 Å². The molecule has 0 aliphatic carbocycles. The normalized spacial score (nSPS) is 10.4. The zero-order chi connectivity index (χ0) is 24.1. The molecule has 172 valence electrons. The molecule has 8 heteroatoms. The number of hydrogen-bond donors (Lipinski definition) is 2. The van der Waals surface area contributed by atoms with Gasteiger partial charge in [-0.05, 0) is 49.4 Å². The van der Waals surface area contributed by atoms with Crippen LogP contribution in [0.3, 0.4) is 0 Å². The molecule has 0 atom stereocenters. The average molecular weight is 474 g/mol. The van der Waals surface area contributed by atoms with E-state index in [4.69, 9.17) is 9.47 Å². The Hall–Kier alpha value is -4.17. The number of carbonyl (C=O) groups is 2. The first kappa shape index (κ1) is 23.0. The van der Waals surface area contributed by atoms with Crippen LogP contribution in [0.4, 0.5) is 11.4 Å². The zero-order valence-electron chi connectivity index (χ0n) is 18.9. The maximum absolute atomic E-state index is 13.1. The minimum atomic E-state index is -0.303. The Bertz CT molecular complexity index is 1340. The van der Waals surface area contributed by atoms with Crippen molar-refractivity contribution in [3.8, 4) is 22.1 Å². The first-order valence-electron chi connectivity index (χ1n) is 10.5. The van der Waals surface area contributed by atoms with Crippen LogP contribution in [0, 0.1) is 6.92 Å². The lowest BCUT2D eigenvalue weighted by Crippen LogP contribution is -2.16. The molecule has 7 nitrogen and oxygen atoms in total. The second-order valence-corrected chi connectivity index (χ2v) is 8.32. The first-order chi connectivity index (χ1) is 16.5. The molecule has 2 N–H and O–H groups in total. The monoisotopic (exact) mass is 473 g/mol. The van der Waals surface area contributed by atoms with Gasteiger partial charge in [0.2, 0.25) is 0 Å². The molecule has 4 aromatic rings. The molecular formula is C26H23N3O4S. The van der Waals surface area contributed by atoms with Crippen LogP contribution in [-0.2, 0) is 0 Å². The number of rotatable bonds is 7. The number of amides is 2. The highest BCUT2D eigenvalue weighted by molar-refractivity contribution is 7.17. The van der Waals surface area contributed by atoms with Crippen molar-refractivity contribution in [2.24, 2.45) is 0 Å². The highest BCUT2D eigenvalue weighted by Crippen LogP contribution is 2.35. The third-order valence-corrected chi connectivity index (χ3v) is 6.30. The first-order valence-corrected chi connectivity index (χ1v) is 11.3. The molecule has 4 rings (SSSR count). The Balaban J connectivity index is 1.55. The number of aromatic nitrogens is 1. The summed E-state index contributed by atoms with van der Waals surface area (Å²) in [6.45, 7) is 1.79. The fourth-order valence-corrected chi connectivity index (χ4v) is 4.32. The van der Waals surface area contributed by atoms with Crippen LogP contribution in [-0.4, -0.2) is 31.0 Å². The zero-order valence-corrected chi connectivity index (χ0v) is 19.7. The minimum Gasteiger partial charge on any atom is -0.493 e. The van der Waals surface area contributed by atoms with Crippen LogP contribution in [0.1, 0.15) is 25.7 Å². The summed E-state index contributed by atoms with van der Waals surface area (Å²) >= 11 is 1.28. The number of aryl methyl sites for hydroxylation is 1. The van der Waals surface area contributed by atoms with Gasteiger partial charge in [-0.25, -0.2) is 4.98 Å². The second kappa shape index (κ2) is 10.2. The van der Waals surface area contributed by atoms with Gasteiger partial charge in [-0.3, -0.25) is 9.59 Å². The van der Waals surface area contributed by atoms with Crippen LogP contribution in [0.25, 0.3) is 10.6 Å². The van der Waals surface area contributed by atoms with Crippen LogP contribution >= 0.6 is 11.3 Å². The summed E-state index contributed by atoms with van der Waals surface area (Å²) in [6.07, 6.45) is 0. The summed E-state index contributed by atoms with van der Waals surface area (Å²) in [5.41, 5.74) is 2.96. The van der Waals surface area contributed by atoms with Gasteiger partial charge in [-0.1, -0.05) is 30.3 Å². The molecule has 0 saturated carbocycles. The van der Waals surface area contributed by atoms with Gasteiger partial charge < -0.3 is 20.1 Å². The molecule has 0 saturated heterocycles. The van der Waals surface area contributed by atoms with E-state index in [2.05, 4.69) is 15.6 Å². The Labute approximate surface area is 201 Å². The molecule has 2 amide bonds. The summed E-state index contributed by atoms with van der Waals surface area (Å²) in [4.78, 5) is 30.8. The number of benzene rings is 3. The van der Waals surface area contributed by atoms with Gasteiger partial charge in [0.1, 0.15) is 9.88 Å². The average Bonchev–Trinajstić information content (AvgIpc) is 3.27. The highest BCUT2D eigenvalue weighted by Gasteiger charge is 2.19. The number of methoxy groups -OCH3 is 2. The van der Waals surface area contributed by atoms with Crippen molar-refractivity contribution in [3.05, 3.63) is 88.9 Å². The van der Waals surface area contributed by atoms with E-state index in [1.807, 2.05) is 18.2 Å². The maximum atomic E-state index is 13.1. The van der Waals surface area contributed by atoms with E-state index in [0.29, 0.717) is 44.0 Å². The van der Waals surface area contributed by atoms with Gasteiger partial charge in [-0.15, -0.1) is 11.3 Å². The molecule has 0 aliphatic heterocycles. The Morgan fingerprint density at radius 1 is 0.794 bits per heavy atom. The molecule has 1 heterocycles. The summed E-state index contributed by atoms with van der Waals surface area (Å²) < 4.78 is 10.7. The lowest BCUT2D eigenvalue weighted by molar-refractivity contribution is 0.101. The lowest BCUT2D eigenvalue weighted by atomic mass is 10.2. The van der Waals surface area contributed by atoms with Crippen molar-refractivity contribution in [1.29, 1.82) is 0 Å². The Morgan fingerprint density at radius 2 is 1.41 bits per heavy atom. The number of nitrogens with zero attached hydrogens (tertiary/aromatic N) is 1. The molecular weight excluding hydrogens is 450 g/mol. The van der Waals surface area contributed by atoms with E-state index >= 15 is 0 Å². The fourth-order valence-electron chi connectivity index (χ4n) is 3.36. The van der Waals surface area contributed by atoms with Crippen LogP contribution in [0.15, 0.2) is 72.8 Å². The molecule has 34 heavy (non-hydrogen) atoms. The lowest BCUT2D eigenvalue weighted by Gasteiger charge is -2.12. The standard InChI is InChI=1S/C26H23N3O4S/c1-16-23(34-26(27-16)18-13-14-21(32-2)22(15-18)33-3)25(31)29-20-12-8-7-11-19(20)28-24(30)17-9-5-4-6-10-17/h4-15H,1-3H3,(H,28,30)(H,29,31). The minimum absolute atomic E-state index is 0.257. The van der Waals surface area contributed by atoms with Crippen molar-refractivity contribution in [3.63, 3.8) is 0 Å². The van der Waals surface area contributed by atoms with Gasteiger partial charge >= 0.3 is 0 Å². The molecule has 1 aromatic heterocycles. The molecule has 0 unspecified atom stereocenters. The van der Waals surface area contributed by atoms with Gasteiger partial charge in [0.25, 0.3) is 11.8 Å². The van der Waals surface area contributed by atoms with E-state index in [9.17, 15) is 9.59 Å². The largest absolute Gasteiger partial charge is 0.493 e. The van der Waals surface area contributed by atoms with E-state index in [1.54, 1.807) is 75.7 Å². The van der Waals surface area contributed by atoms with Crippen molar-refractivity contribution >= 4 is 34.5 Å². The number of para-hydroxylation sites is 2. The quantitative estimate of drug-likeness (QED) is 0.363. The number of nitrogens with one attached hydrogen (secondary N) is 2. The highest BCUT2D eigenvalue weighted by atomic mass is 32.1. The Kier molecular flexibility index (Phi) is 6.89.